The highest BCUT2D eigenvalue weighted by Gasteiger charge is 2.31. The number of ether oxygens (including phenoxy) is 1. The lowest BCUT2D eigenvalue weighted by atomic mass is 9.85. The highest BCUT2D eigenvalue weighted by Crippen LogP contribution is 2.26. The molecule has 136 valence electrons. The van der Waals surface area contributed by atoms with E-state index in [4.69, 9.17) is 5.73 Å². The van der Waals surface area contributed by atoms with Crippen LogP contribution in [-0.4, -0.2) is 30.3 Å². The lowest BCUT2D eigenvalue weighted by Crippen LogP contribution is -2.38. The summed E-state index contributed by atoms with van der Waals surface area (Å²) >= 11 is 0. The van der Waals surface area contributed by atoms with Crippen LogP contribution in [0.1, 0.15) is 31.2 Å². The Morgan fingerprint density at radius 2 is 2.08 bits per heavy atom. The monoisotopic (exact) mass is 366 g/mol. The fourth-order valence-corrected chi connectivity index (χ4v) is 2.96. The molecular weight excluding hydrogens is 345 g/mol. The van der Waals surface area contributed by atoms with Gasteiger partial charge in [0.25, 0.3) is 0 Å². The van der Waals surface area contributed by atoms with Crippen molar-refractivity contribution in [2.24, 2.45) is 11.7 Å². The molecule has 0 radical (unpaired) electrons. The summed E-state index contributed by atoms with van der Waals surface area (Å²) in [5, 5.41) is 0. The maximum Gasteiger partial charge on any atom is 0.573 e. The number of nitrogens with zero attached hydrogens (tertiary/aromatic N) is 1. The maximum absolute atomic E-state index is 12.4. The number of hydrogen-bond donors (Lipinski definition) is 1. The molecule has 1 aromatic carbocycles. The first-order valence-electron chi connectivity index (χ1n) is 7.60. The van der Waals surface area contributed by atoms with Gasteiger partial charge in [0.2, 0.25) is 5.91 Å². The van der Waals surface area contributed by atoms with E-state index in [9.17, 15) is 18.0 Å². The van der Waals surface area contributed by atoms with Gasteiger partial charge in [-0.2, -0.15) is 0 Å². The van der Waals surface area contributed by atoms with Crippen molar-refractivity contribution < 1.29 is 22.7 Å². The van der Waals surface area contributed by atoms with E-state index in [1.54, 1.807) is 13.1 Å². The standard InChI is InChI=1S/C16H21F3N2O2.ClH/c1-21(15(22)12-5-3-6-13(20)9-12)10-11-4-2-7-14(8-11)23-16(17,18)19;/h2,4,7-8,12-13H,3,5-6,9-10,20H2,1H3;1H. The molecule has 1 saturated carbocycles. The fourth-order valence-electron chi connectivity index (χ4n) is 2.96. The predicted octanol–water partition coefficient (Wildman–Crippen LogP) is 3.48. The van der Waals surface area contributed by atoms with E-state index >= 15 is 0 Å². The van der Waals surface area contributed by atoms with E-state index in [-0.39, 0.29) is 42.6 Å². The number of hydrogen-bond acceptors (Lipinski definition) is 3. The molecule has 1 aliphatic rings. The summed E-state index contributed by atoms with van der Waals surface area (Å²) in [6, 6.07) is 5.72. The van der Waals surface area contributed by atoms with E-state index in [1.807, 2.05) is 0 Å². The average molecular weight is 367 g/mol. The van der Waals surface area contributed by atoms with Gasteiger partial charge in [0.15, 0.2) is 0 Å². The molecule has 1 aliphatic carbocycles. The van der Waals surface area contributed by atoms with Crippen molar-refractivity contribution in [1.82, 2.24) is 4.90 Å². The Bertz CT molecular complexity index is 554. The second-order valence-electron chi connectivity index (χ2n) is 6.01. The van der Waals surface area contributed by atoms with Gasteiger partial charge in [-0.1, -0.05) is 18.6 Å². The van der Waals surface area contributed by atoms with Gasteiger partial charge in [0, 0.05) is 25.6 Å². The van der Waals surface area contributed by atoms with Crippen molar-refractivity contribution in [3.05, 3.63) is 29.8 Å². The fraction of sp³-hybridized carbons (Fsp3) is 0.562. The third kappa shape index (κ3) is 6.20. The van der Waals surface area contributed by atoms with Crippen LogP contribution in [0.3, 0.4) is 0 Å². The van der Waals surface area contributed by atoms with Gasteiger partial charge in [-0.05, 0) is 37.0 Å². The molecule has 1 fully saturated rings. The SMILES string of the molecule is CN(Cc1cccc(OC(F)(F)F)c1)C(=O)C1CCCC(N)C1.Cl. The molecule has 2 atom stereocenters. The molecule has 24 heavy (non-hydrogen) atoms. The first kappa shape index (κ1) is 20.6. The van der Waals surface area contributed by atoms with Crippen LogP contribution in [-0.2, 0) is 11.3 Å². The molecule has 0 bridgehead atoms. The van der Waals surface area contributed by atoms with Crippen LogP contribution in [0.5, 0.6) is 5.75 Å². The van der Waals surface area contributed by atoms with Gasteiger partial charge >= 0.3 is 6.36 Å². The van der Waals surface area contributed by atoms with Crippen molar-refractivity contribution in [3.63, 3.8) is 0 Å². The Morgan fingerprint density at radius 3 is 2.71 bits per heavy atom. The van der Waals surface area contributed by atoms with Crippen LogP contribution in [0.2, 0.25) is 0 Å². The van der Waals surface area contributed by atoms with Gasteiger partial charge in [-0.25, -0.2) is 0 Å². The Morgan fingerprint density at radius 1 is 1.38 bits per heavy atom. The minimum Gasteiger partial charge on any atom is -0.406 e. The highest BCUT2D eigenvalue weighted by atomic mass is 35.5. The van der Waals surface area contributed by atoms with Crippen LogP contribution in [0, 0.1) is 5.92 Å². The summed E-state index contributed by atoms with van der Waals surface area (Å²) in [5.74, 6) is -0.392. The van der Waals surface area contributed by atoms with Crippen molar-refractivity contribution in [2.45, 2.75) is 44.6 Å². The summed E-state index contributed by atoms with van der Waals surface area (Å²) in [6.07, 6.45) is -1.38. The molecule has 0 heterocycles. The van der Waals surface area contributed by atoms with Crippen LogP contribution in [0.25, 0.3) is 0 Å². The largest absolute Gasteiger partial charge is 0.573 e. The first-order valence-corrected chi connectivity index (χ1v) is 7.60. The molecule has 0 spiro atoms. The molecular formula is C16H22ClF3N2O2. The average Bonchev–Trinajstić information content (AvgIpc) is 2.45. The Labute approximate surface area is 145 Å². The number of benzene rings is 1. The van der Waals surface area contributed by atoms with Crippen molar-refractivity contribution in [2.75, 3.05) is 7.05 Å². The lowest BCUT2D eigenvalue weighted by molar-refractivity contribution is -0.274. The van der Waals surface area contributed by atoms with E-state index in [1.165, 1.54) is 23.1 Å². The second kappa shape index (κ2) is 8.58. The molecule has 1 aromatic rings. The molecule has 4 nitrogen and oxygen atoms in total. The third-order valence-corrected chi connectivity index (χ3v) is 3.99. The van der Waals surface area contributed by atoms with Gasteiger partial charge in [-0.3, -0.25) is 4.79 Å². The summed E-state index contributed by atoms with van der Waals surface area (Å²) in [5.41, 5.74) is 6.49. The Kier molecular flexibility index (Phi) is 7.35. The van der Waals surface area contributed by atoms with Crippen molar-refractivity contribution in [3.8, 4) is 5.75 Å². The Hall–Kier alpha value is -1.47. The quantitative estimate of drug-likeness (QED) is 0.887. The summed E-state index contributed by atoms with van der Waals surface area (Å²) < 4.78 is 40.6. The summed E-state index contributed by atoms with van der Waals surface area (Å²) in [4.78, 5) is 14.0. The van der Waals surface area contributed by atoms with Crippen LogP contribution >= 0.6 is 12.4 Å². The molecule has 8 heteroatoms. The second-order valence-corrected chi connectivity index (χ2v) is 6.01. The molecule has 2 unspecified atom stereocenters. The summed E-state index contributed by atoms with van der Waals surface area (Å²) in [7, 11) is 1.65. The topological polar surface area (TPSA) is 55.6 Å². The number of alkyl halides is 3. The zero-order valence-corrected chi connectivity index (χ0v) is 14.2. The minimum atomic E-state index is -4.72. The number of halogens is 4. The van der Waals surface area contributed by atoms with Crippen molar-refractivity contribution in [1.29, 1.82) is 0 Å². The van der Waals surface area contributed by atoms with E-state index < -0.39 is 6.36 Å². The Balaban J connectivity index is 0.00000288. The van der Waals surface area contributed by atoms with Crippen LogP contribution < -0.4 is 10.5 Å². The van der Waals surface area contributed by atoms with E-state index in [0.29, 0.717) is 12.0 Å². The molecule has 0 aliphatic heterocycles. The number of carbonyl (C=O) groups is 1. The molecule has 2 rings (SSSR count). The summed E-state index contributed by atoms with van der Waals surface area (Å²) in [6.45, 7) is 0.236. The lowest BCUT2D eigenvalue weighted by Gasteiger charge is -2.29. The molecule has 1 amide bonds. The number of rotatable bonds is 4. The van der Waals surface area contributed by atoms with Gasteiger partial charge in [0.05, 0.1) is 0 Å². The number of amides is 1. The predicted molar refractivity (Wildman–Crippen MR) is 86.8 cm³/mol. The van der Waals surface area contributed by atoms with Crippen LogP contribution in [0.4, 0.5) is 13.2 Å². The van der Waals surface area contributed by atoms with E-state index in [2.05, 4.69) is 4.74 Å². The van der Waals surface area contributed by atoms with Crippen LogP contribution in [0.15, 0.2) is 24.3 Å². The van der Waals surface area contributed by atoms with Gasteiger partial charge in [-0.15, -0.1) is 25.6 Å². The molecule has 0 aromatic heterocycles. The highest BCUT2D eigenvalue weighted by molar-refractivity contribution is 5.85. The zero-order valence-electron chi connectivity index (χ0n) is 13.4. The molecule has 0 saturated heterocycles. The number of carbonyl (C=O) groups excluding carboxylic acids is 1. The first-order chi connectivity index (χ1) is 10.7. The smallest absolute Gasteiger partial charge is 0.406 e. The van der Waals surface area contributed by atoms with Gasteiger partial charge < -0.3 is 15.4 Å². The number of nitrogens with two attached hydrogens (primary N) is 1. The molecule has 2 N–H and O–H groups in total. The third-order valence-electron chi connectivity index (χ3n) is 3.99. The maximum atomic E-state index is 12.4. The normalized spacial score (nSPS) is 20.9. The minimum absolute atomic E-state index is 0. The zero-order chi connectivity index (χ0) is 17.0. The van der Waals surface area contributed by atoms with Gasteiger partial charge in [0.1, 0.15) is 5.75 Å². The van der Waals surface area contributed by atoms with Crippen molar-refractivity contribution >= 4 is 18.3 Å². The van der Waals surface area contributed by atoms with E-state index in [0.717, 1.165) is 19.3 Å².